The van der Waals surface area contributed by atoms with Crippen LogP contribution in [0.3, 0.4) is 0 Å². The first-order valence-electron chi connectivity index (χ1n) is 8.08. The van der Waals surface area contributed by atoms with E-state index in [0.717, 1.165) is 48.9 Å². The van der Waals surface area contributed by atoms with Gasteiger partial charge in [-0.3, -0.25) is 0 Å². The number of nitrogens with zero attached hydrogens (tertiary/aromatic N) is 1. The highest BCUT2D eigenvalue weighted by atomic mass is 16.5. The Morgan fingerprint density at radius 1 is 1.26 bits per heavy atom. The lowest BCUT2D eigenvalue weighted by Crippen LogP contribution is -2.18. The molecule has 3 heterocycles. The summed E-state index contributed by atoms with van der Waals surface area (Å²) in [6.45, 7) is 4.31. The zero-order valence-electron chi connectivity index (χ0n) is 13.3. The Bertz CT molecular complexity index is 739. The zero-order chi connectivity index (χ0) is 15.8. The van der Waals surface area contributed by atoms with E-state index in [0.29, 0.717) is 18.2 Å². The maximum absolute atomic E-state index is 6.03. The van der Waals surface area contributed by atoms with Crippen LogP contribution in [0.15, 0.2) is 24.4 Å². The van der Waals surface area contributed by atoms with E-state index in [9.17, 15) is 0 Å². The summed E-state index contributed by atoms with van der Waals surface area (Å²) in [5.74, 6) is 2.20. The second kappa shape index (κ2) is 5.74. The normalized spacial score (nSPS) is 17.4. The SMILES string of the molecule is Cc1cnc2c(c1C1CCOCC1)COc1ccc(N)cc1N2. The number of pyridine rings is 1. The Kier molecular flexibility index (Phi) is 3.58. The largest absolute Gasteiger partial charge is 0.487 e. The van der Waals surface area contributed by atoms with Crippen molar-refractivity contribution in [1.29, 1.82) is 0 Å². The highest BCUT2D eigenvalue weighted by molar-refractivity contribution is 5.72. The van der Waals surface area contributed by atoms with E-state index >= 15 is 0 Å². The lowest BCUT2D eigenvalue weighted by atomic mass is 9.86. The molecule has 1 saturated heterocycles. The van der Waals surface area contributed by atoms with E-state index in [1.54, 1.807) is 0 Å². The third kappa shape index (κ3) is 2.61. The van der Waals surface area contributed by atoms with Crippen molar-refractivity contribution in [3.63, 3.8) is 0 Å². The predicted molar refractivity (Wildman–Crippen MR) is 90.2 cm³/mol. The third-order valence-corrected chi connectivity index (χ3v) is 4.68. The van der Waals surface area contributed by atoms with Gasteiger partial charge in [-0.1, -0.05) is 0 Å². The molecule has 0 spiro atoms. The quantitative estimate of drug-likeness (QED) is 0.789. The number of benzene rings is 1. The molecule has 1 aromatic carbocycles. The van der Waals surface area contributed by atoms with Gasteiger partial charge < -0.3 is 20.5 Å². The Hall–Kier alpha value is -2.27. The number of hydrogen-bond acceptors (Lipinski definition) is 5. The molecule has 5 heteroatoms. The first-order valence-corrected chi connectivity index (χ1v) is 8.08. The molecule has 2 aliphatic heterocycles. The lowest BCUT2D eigenvalue weighted by Gasteiger charge is -2.26. The van der Waals surface area contributed by atoms with E-state index in [1.807, 2.05) is 24.4 Å². The molecule has 0 aliphatic carbocycles. The molecule has 0 amide bonds. The Labute approximate surface area is 135 Å². The van der Waals surface area contributed by atoms with Gasteiger partial charge in [-0.15, -0.1) is 0 Å². The van der Waals surface area contributed by atoms with Crippen molar-refractivity contribution in [3.8, 4) is 5.75 Å². The fraction of sp³-hybridized carbons (Fsp3) is 0.389. The van der Waals surface area contributed by atoms with Crippen molar-refractivity contribution < 1.29 is 9.47 Å². The minimum atomic E-state index is 0.511. The number of rotatable bonds is 1. The van der Waals surface area contributed by atoms with Gasteiger partial charge >= 0.3 is 0 Å². The summed E-state index contributed by atoms with van der Waals surface area (Å²) in [6, 6.07) is 5.65. The van der Waals surface area contributed by atoms with Crippen molar-refractivity contribution in [2.24, 2.45) is 0 Å². The number of ether oxygens (including phenoxy) is 2. The molecular formula is C18H21N3O2. The van der Waals surface area contributed by atoms with Gasteiger partial charge in [0.2, 0.25) is 0 Å². The topological polar surface area (TPSA) is 69.4 Å². The second-order valence-electron chi connectivity index (χ2n) is 6.24. The van der Waals surface area contributed by atoms with Gasteiger partial charge in [-0.05, 0) is 55.0 Å². The summed E-state index contributed by atoms with van der Waals surface area (Å²) in [5, 5.41) is 3.40. The van der Waals surface area contributed by atoms with Gasteiger partial charge in [0.25, 0.3) is 0 Å². The van der Waals surface area contributed by atoms with Crippen LogP contribution < -0.4 is 15.8 Å². The minimum Gasteiger partial charge on any atom is -0.487 e. The number of fused-ring (bicyclic) bond motifs is 2. The Morgan fingerprint density at radius 3 is 2.91 bits per heavy atom. The maximum Gasteiger partial charge on any atom is 0.143 e. The predicted octanol–water partition coefficient (Wildman–Crippen LogP) is 3.50. The van der Waals surface area contributed by atoms with Gasteiger partial charge in [0.05, 0.1) is 5.69 Å². The molecule has 0 saturated carbocycles. The maximum atomic E-state index is 6.03. The van der Waals surface area contributed by atoms with Gasteiger partial charge in [0, 0.05) is 30.7 Å². The first-order chi connectivity index (χ1) is 11.2. The van der Waals surface area contributed by atoms with Crippen LogP contribution >= 0.6 is 0 Å². The van der Waals surface area contributed by atoms with Crippen molar-refractivity contribution in [1.82, 2.24) is 4.98 Å². The van der Waals surface area contributed by atoms with Crippen LogP contribution in [0.4, 0.5) is 17.2 Å². The molecular weight excluding hydrogens is 290 g/mol. The number of nitrogen functional groups attached to an aromatic ring is 1. The van der Waals surface area contributed by atoms with Crippen molar-refractivity contribution in [2.45, 2.75) is 32.3 Å². The van der Waals surface area contributed by atoms with Crippen molar-refractivity contribution in [3.05, 3.63) is 41.1 Å². The molecule has 0 bridgehead atoms. The van der Waals surface area contributed by atoms with Crippen LogP contribution in [0.2, 0.25) is 0 Å². The summed E-state index contributed by atoms with van der Waals surface area (Å²) in [7, 11) is 0. The first kappa shape index (κ1) is 14.3. The van der Waals surface area contributed by atoms with Gasteiger partial charge in [0.1, 0.15) is 18.2 Å². The van der Waals surface area contributed by atoms with Gasteiger partial charge in [0.15, 0.2) is 0 Å². The van der Waals surface area contributed by atoms with Crippen molar-refractivity contribution in [2.75, 3.05) is 24.3 Å². The van der Waals surface area contributed by atoms with Crippen molar-refractivity contribution >= 4 is 17.2 Å². The minimum absolute atomic E-state index is 0.511. The van der Waals surface area contributed by atoms with Gasteiger partial charge in [-0.25, -0.2) is 4.98 Å². The molecule has 120 valence electrons. The Morgan fingerprint density at radius 2 is 2.09 bits per heavy atom. The summed E-state index contributed by atoms with van der Waals surface area (Å²) in [6.07, 6.45) is 4.06. The smallest absolute Gasteiger partial charge is 0.143 e. The molecule has 0 unspecified atom stereocenters. The lowest BCUT2D eigenvalue weighted by molar-refractivity contribution is 0.0848. The van der Waals surface area contributed by atoms with E-state index in [4.69, 9.17) is 15.2 Å². The number of aryl methyl sites for hydroxylation is 1. The number of aromatic nitrogens is 1. The van der Waals surface area contributed by atoms with Crippen LogP contribution in [0, 0.1) is 6.92 Å². The zero-order valence-corrected chi connectivity index (χ0v) is 13.3. The van der Waals surface area contributed by atoms with Crippen LogP contribution in [0.5, 0.6) is 5.75 Å². The highest BCUT2D eigenvalue weighted by Crippen LogP contribution is 2.40. The van der Waals surface area contributed by atoms with E-state index in [1.165, 1.54) is 11.1 Å². The number of nitrogens with two attached hydrogens (primary N) is 1. The fourth-order valence-electron chi connectivity index (χ4n) is 3.53. The molecule has 1 aromatic heterocycles. The fourth-order valence-corrected chi connectivity index (χ4v) is 3.53. The average molecular weight is 311 g/mol. The summed E-state index contributed by atoms with van der Waals surface area (Å²) in [4.78, 5) is 4.60. The number of anilines is 3. The Balaban J connectivity index is 1.77. The summed E-state index contributed by atoms with van der Waals surface area (Å²) < 4.78 is 11.5. The molecule has 23 heavy (non-hydrogen) atoms. The standard InChI is InChI=1S/C18H21N3O2/c1-11-9-20-18-14(17(11)12-4-6-22-7-5-12)10-23-16-3-2-13(19)8-15(16)21-18/h2-3,8-9,12H,4-7,10,19H2,1H3,(H,20,21). The molecule has 5 nitrogen and oxygen atoms in total. The number of hydrogen-bond donors (Lipinski definition) is 2. The average Bonchev–Trinajstić information content (AvgIpc) is 2.74. The van der Waals surface area contributed by atoms with E-state index in [2.05, 4.69) is 17.2 Å². The molecule has 4 rings (SSSR count). The summed E-state index contributed by atoms with van der Waals surface area (Å²) >= 11 is 0. The molecule has 3 N–H and O–H groups in total. The van der Waals surface area contributed by atoms with E-state index < -0.39 is 0 Å². The van der Waals surface area contributed by atoms with Crippen LogP contribution in [-0.4, -0.2) is 18.2 Å². The molecule has 0 atom stereocenters. The second-order valence-corrected chi connectivity index (χ2v) is 6.24. The molecule has 2 aromatic rings. The monoisotopic (exact) mass is 311 g/mol. The summed E-state index contributed by atoms with van der Waals surface area (Å²) in [5.41, 5.74) is 11.2. The van der Waals surface area contributed by atoms with Crippen LogP contribution in [0.1, 0.15) is 35.4 Å². The number of nitrogens with one attached hydrogen (secondary N) is 1. The van der Waals surface area contributed by atoms with E-state index in [-0.39, 0.29) is 0 Å². The molecule has 0 radical (unpaired) electrons. The van der Waals surface area contributed by atoms with Gasteiger partial charge in [-0.2, -0.15) is 0 Å². The third-order valence-electron chi connectivity index (χ3n) is 4.68. The molecule has 2 aliphatic rings. The van der Waals surface area contributed by atoms with Crippen LogP contribution in [-0.2, 0) is 11.3 Å². The molecule has 1 fully saturated rings. The highest BCUT2D eigenvalue weighted by Gasteiger charge is 2.25. The van der Waals surface area contributed by atoms with Crippen LogP contribution in [0.25, 0.3) is 0 Å².